The van der Waals surface area contributed by atoms with Crippen LogP contribution in [-0.2, 0) is 16.1 Å². The molecule has 0 bridgehead atoms. The van der Waals surface area contributed by atoms with E-state index in [4.69, 9.17) is 9.15 Å². The lowest BCUT2D eigenvalue weighted by Crippen LogP contribution is -2.41. The minimum Gasteiger partial charge on any atom is -0.448 e. The zero-order chi connectivity index (χ0) is 22.9. The van der Waals surface area contributed by atoms with Crippen LogP contribution in [0.2, 0.25) is 0 Å². The number of carbonyl (C=O) groups is 2. The van der Waals surface area contributed by atoms with Crippen LogP contribution in [0.4, 0.5) is 5.69 Å². The third-order valence-electron chi connectivity index (χ3n) is 5.80. The Labute approximate surface area is 188 Å². The first-order chi connectivity index (χ1) is 16.0. The summed E-state index contributed by atoms with van der Waals surface area (Å²) in [4.78, 5) is 44.5. The number of rotatable bonds is 4. The number of nitrogens with zero attached hydrogens (tertiary/aromatic N) is 3. The topological polar surface area (TPSA) is 107 Å². The Morgan fingerprint density at radius 1 is 1.09 bits per heavy atom. The number of morpholine rings is 1. The molecule has 1 aliphatic rings. The Morgan fingerprint density at radius 2 is 1.88 bits per heavy atom. The summed E-state index contributed by atoms with van der Waals surface area (Å²) in [6, 6.07) is 12.5. The van der Waals surface area contributed by atoms with Gasteiger partial charge in [-0.3, -0.25) is 19.0 Å². The maximum Gasteiger partial charge on any atom is 0.297 e. The number of aromatic nitrogens is 2. The fraction of sp³-hybridized carbons (Fsp3) is 0.250. The van der Waals surface area contributed by atoms with Gasteiger partial charge in [0.05, 0.1) is 19.5 Å². The van der Waals surface area contributed by atoms with Gasteiger partial charge in [0.15, 0.2) is 0 Å². The zero-order valence-electron chi connectivity index (χ0n) is 18.0. The highest BCUT2D eigenvalue weighted by Gasteiger charge is 2.21. The number of fused-ring (bicyclic) bond motifs is 3. The molecule has 0 aliphatic carbocycles. The van der Waals surface area contributed by atoms with Crippen molar-refractivity contribution < 1.29 is 18.7 Å². The second kappa shape index (κ2) is 8.51. The number of hydrogen-bond donors (Lipinski definition) is 1. The Bertz CT molecular complexity index is 1430. The average Bonchev–Trinajstić information content (AvgIpc) is 3.22. The van der Waals surface area contributed by atoms with E-state index in [1.165, 1.54) is 10.9 Å². The monoisotopic (exact) mass is 446 g/mol. The lowest BCUT2D eigenvalue weighted by Gasteiger charge is -2.27. The fourth-order valence-electron chi connectivity index (χ4n) is 4.01. The minimum atomic E-state index is -0.431. The van der Waals surface area contributed by atoms with Gasteiger partial charge < -0.3 is 19.4 Å². The highest BCUT2D eigenvalue weighted by Crippen LogP contribution is 2.24. The Morgan fingerprint density at radius 3 is 2.70 bits per heavy atom. The maximum absolute atomic E-state index is 12.9. The summed E-state index contributed by atoms with van der Waals surface area (Å²) in [6.07, 6.45) is 1.34. The van der Waals surface area contributed by atoms with Crippen molar-refractivity contribution in [2.45, 2.75) is 13.5 Å². The standard InChI is InChI=1S/C24H22N4O5/c1-15-16(23(30)27-9-11-32-12-10-27)6-4-7-18(15)26-20(29)13-28-14-25-21-17-5-2-3-8-19(17)33-22(21)24(28)31/h2-8,14H,9-13H2,1H3,(H,26,29). The van der Waals surface area contributed by atoms with Gasteiger partial charge in [0.25, 0.3) is 11.5 Å². The number of amides is 2. The van der Waals surface area contributed by atoms with Crippen LogP contribution in [-0.4, -0.2) is 52.6 Å². The van der Waals surface area contributed by atoms with Crippen molar-refractivity contribution in [3.63, 3.8) is 0 Å². The summed E-state index contributed by atoms with van der Waals surface area (Å²) in [5.41, 5.74) is 2.43. The van der Waals surface area contributed by atoms with Crippen molar-refractivity contribution >= 4 is 39.6 Å². The van der Waals surface area contributed by atoms with Gasteiger partial charge in [-0.2, -0.15) is 0 Å². The first kappa shape index (κ1) is 20.9. The SMILES string of the molecule is Cc1c(NC(=O)Cn2cnc3c(oc4ccccc43)c2=O)cccc1C(=O)N1CCOCC1. The molecular formula is C24H22N4O5. The molecule has 2 aromatic heterocycles. The second-order valence-corrected chi connectivity index (χ2v) is 7.88. The highest BCUT2D eigenvalue weighted by atomic mass is 16.5. The van der Waals surface area contributed by atoms with E-state index >= 15 is 0 Å². The molecule has 0 atom stereocenters. The average molecular weight is 446 g/mol. The van der Waals surface area contributed by atoms with Crippen molar-refractivity contribution in [3.8, 4) is 0 Å². The quantitative estimate of drug-likeness (QED) is 0.516. The van der Waals surface area contributed by atoms with E-state index in [1.54, 1.807) is 36.1 Å². The van der Waals surface area contributed by atoms with Gasteiger partial charge in [-0.1, -0.05) is 18.2 Å². The number of ether oxygens (including phenoxy) is 1. The molecule has 0 spiro atoms. The van der Waals surface area contributed by atoms with Crippen molar-refractivity contribution in [3.05, 3.63) is 70.3 Å². The van der Waals surface area contributed by atoms with Crippen LogP contribution >= 0.6 is 0 Å². The number of para-hydroxylation sites is 1. The maximum atomic E-state index is 12.9. The van der Waals surface area contributed by atoms with Gasteiger partial charge in [-0.15, -0.1) is 0 Å². The van der Waals surface area contributed by atoms with E-state index in [-0.39, 0.29) is 18.0 Å². The smallest absolute Gasteiger partial charge is 0.297 e. The molecule has 0 unspecified atom stereocenters. The van der Waals surface area contributed by atoms with Gasteiger partial charge in [0.1, 0.15) is 17.6 Å². The molecule has 1 saturated heterocycles. The lowest BCUT2D eigenvalue weighted by atomic mass is 10.0. The molecule has 33 heavy (non-hydrogen) atoms. The summed E-state index contributed by atoms with van der Waals surface area (Å²) < 4.78 is 12.2. The molecule has 5 rings (SSSR count). The van der Waals surface area contributed by atoms with E-state index in [0.717, 1.165) is 5.39 Å². The molecule has 0 saturated carbocycles. The predicted octanol–water partition coefficient (Wildman–Crippen LogP) is 2.56. The predicted molar refractivity (Wildman–Crippen MR) is 122 cm³/mol. The third-order valence-corrected chi connectivity index (χ3v) is 5.80. The number of anilines is 1. The molecule has 2 aromatic carbocycles. The first-order valence-electron chi connectivity index (χ1n) is 10.7. The summed E-state index contributed by atoms with van der Waals surface area (Å²) in [5, 5.41) is 3.55. The van der Waals surface area contributed by atoms with Crippen LogP contribution < -0.4 is 10.9 Å². The largest absolute Gasteiger partial charge is 0.448 e. The molecular weight excluding hydrogens is 424 g/mol. The Balaban J connectivity index is 1.36. The second-order valence-electron chi connectivity index (χ2n) is 7.88. The number of benzene rings is 2. The van der Waals surface area contributed by atoms with Gasteiger partial charge >= 0.3 is 0 Å². The van der Waals surface area contributed by atoms with E-state index in [2.05, 4.69) is 10.3 Å². The minimum absolute atomic E-state index is 0.0948. The van der Waals surface area contributed by atoms with Crippen LogP contribution in [0.5, 0.6) is 0 Å². The van der Waals surface area contributed by atoms with Gasteiger partial charge in [0, 0.05) is 29.7 Å². The van der Waals surface area contributed by atoms with Crippen LogP contribution in [0.3, 0.4) is 0 Å². The van der Waals surface area contributed by atoms with E-state index in [9.17, 15) is 14.4 Å². The Kier molecular flexibility index (Phi) is 5.39. The number of hydrogen-bond acceptors (Lipinski definition) is 6. The first-order valence-corrected chi connectivity index (χ1v) is 10.7. The fourth-order valence-corrected chi connectivity index (χ4v) is 4.01. The number of carbonyl (C=O) groups excluding carboxylic acids is 2. The summed E-state index contributed by atoms with van der Waals surface area (Å²) in [5.74, 6) is -0.504. The molecule has 0 radical (unpaired) electrons. The van der Waals surface area contributed by atoms with E-state index in [0.29, 0.717) is 54.2 Å². The summed E-state index contributed by atoms with van der Waals surface area (Å²) in [6.45, 7) is 3.65. The van der Waals surface area contributed by atoms with Crippen molar-refractivity contribution in [2.24, 2.45) is 0 Å². The molecule has 9 heteroatoms. The summed E-state index contributed by atoms with van der Waals surface area (Å²) in [7, 11) is 0. The third kappa shape index (κ3) is 3.87. The molecule has 1 aliphatic heterocycles. The molecule has 9 nitrogen and oxygen atoms in total. The van der Waals surface area contributed by atoms with Crippen molar-refractivity contribution in [1.29, 1.82) is 0 Å². The summed E-state index contributed by atoms with van der Waals surface area (Å²) >= 11 is 0. The highest BCUT2D eigenvalue weighted by molar-refractivity contribution is 6.02. The molecule has 2 amide bonds. The number of nitrogens with one attached hydrogen (secondary N) is 1. The van der Waals surface area contributed by atoms with E-state index < -0.39 is 11.5 Å². The molecule has 4 aromatic rings. The van der Waals surface area contributed by atoms with Crippen LogP contribution in [0.15, 0.2) is 58.0 Å². The normalized spacial score (nSPS) is 14.0. The molecule has 3 heterocycles. The molecule has 168 valence electrons. The Hall–Kier alpha value is -3.98. The van der Waals surface area contributed by atoms with Crippen molar-refractivity contribution in [1.82, 2.24) is 14.5 Å². The van der Waals surface area contributed by atoms with Gasteiger partial charge in [-0.25, -0.2) is 4.98 Å². The zero-order valence-corrected chi connectivity index (χ0v) is 18.0. The van der Waals surface area contributed by atoms with Crippen molar-refractivity contribution in [2.75, 3.05) is 31.6 Å². The molecule has 1 fully saturated rings. The molecule has 1 N–H and O–H groups in total. The van der Waals surface area contributed by atoms with Gasteiger partial charge in [-0.05, 0) is 36.8 Å². The van der Waals surface area contributed by atoms with Crippen LogP contribution in [0, 0.1) is 6.92 Å². The van der Waals surface area contributed by atoms with E-state index in [1.807, 2.05) is 18.2 Å². The lowest BCUT2D eigenvalue weighted by molar-refractivity contribution is -0.116. The van der Waals surface area contributed by atoms with Crippen LogP contribution in [0.1, 0.15) is 15.9 Å². The van der Waals surface area contributed by atoms with Gasteiger partial charge in [0.2, 0.25) is 11.5 Å². The van der Waals surface area contributed by atoms with Crippen LogP contribution in [0.25, 0.3) is 22.1 Å². The number of furan rings is 1.